The third-order valence-corrected chi connectivity index (χ3v) is 3.85. The minimum atomic E-state index is 0.0741. The zero-order chi connectivity index (χ0) is 14.7. The Balaban J connectivity index is 2.52. The summed E-state index contributed by atoms with van der Waals surface area (Å²) in [5, 5.41) is 4.27. The molecule has 0 saturated carbocycles. The Bertz CT molecular complexity index is 646. The van der Waals surface area contributed by atoms with Crippen LogP contribution in [-0.4, -0.2) is 22.5 Å². The Labute approximate surface area is 134 Å². The van der Waals surface area contributed by atoms with Gasteiger partial charge in [-0.15, -0.1) is 0 Å². The van der Waals surface area contributed by atoms with Crippen molar-refractivity contribution in [3.63, 3.8) is 0 Å². The highest BCUT2D eigenvalue weighted by Gasteiger charge is 2.15. The fraction of sp³-hybridized carbons (Fsp3) is 0.0833. The van der Waals surface area contributed by atoms with Crippen molar-refractivity contribution >= 4 is 64.4 Å². The SMILES string of the molecule is CSc1nc(Cl)c(C=O)c(Nc2c(Cl)cccc2Cl)n1. The number of rotatable bonds is 4. The molecule has 0 bridgehead atoms. The Kier molecular flexibility index (Phi) is 5.10. The predicted octanol–water partition coefficient (Wildman–Crippen LogP) is 4.71. The van der Waals surface area contributed by atoms with E-state index in [4.69, 9.17) is 34.8 Å². The molecule has 1 aromatic heterocycles. The molecule has 0 amide bonds. The van der Waals surface area contributed by atoms with Crippen molar-refractivity contribution in [3.8, 4) is 0 Å². The second kappa shape index (κ2) is 6.63. The zero-order valence-corrected chi connectivity index (χ0v) is 13.2. The summed E-state index contributed by atoms with van der Waals surface area (Å²) >= 11 is 19.4. The number of carbonyl (C=O) groups excluding carboxylic acids is 1. The van der Waals surface area contributed by atoms with Crippen LogP contribution in [0.2, 0.25) is 15.2 Å². The van der Waals surface area contributed by atoms with Crippen LogP contribution in [0.4, 0.5) is 11.5 Å². The second-order valence-corrected chi connectivity index (χ2v) is 5.55. The number of anilines is 2. The molecular weight excluding hydrogens is 341 g/mol. The molecule has 4 nitrogen and oxygen atoms in total. The lowest BCUT2D eigenvalue weighted by Gasteiger charge is -2.12. The second-order valence-electron chi connectivity index (χ2n) is 3.60. The molecule has 8 heteroatoms. The van der Waals surface area contributed by atoms with Crippen LogP contribution in [0.5, 0.6) is 0 Å². The minimum Gasteiger partial charge on any atom is -0.337 e. The van der Waals surface area contributed by atoms with Gasteiger partial charge in [-0.25, -0.2) is 9.97 Å². The van der Waals surface area contributed by atoms with E-state index in [-0.39, 0.29) is 16.5 Å². The number of nitrogens with zero attached hydrogens (tertiary/aromatic N) is 2. The molecule has 0 radical (unpaired) electrons. The van der Waals surface area contributed by atoms with Gasteiger partial charge in [-0.2, -0.15) is 0 Å². The third-order valence-electron chi connectivity index (χ3n) is 2.39. The molecule has 2 aromatic rings. The van der Waals surface area contributed by atoms with Crippen molar-refractivity contribution in [2.24, 2.45) is 0 Å². The summed E-state index contributed by atoms with van der Waals surface area (Å²) in [7, 11) is 0. The number of para-hydroxylation sites is 1. The molecule has 1 heterocycles. The maximum atomic E-state index is 11.1. The fourth-order valence-electron chi connectivity index (χ4n) is 1.45. The van der Waals surface area contributed by atoms with Crippen molar-refractivity contribution in [1.82, 2.24) is 9.97 Å². The molecule has 0 saturated heterocycles. The lowest BCUT2D eigenvalue weighted by Crippen LogP contribution is -2.03. The normalized spacial score (nSPS) is 10.4. The number of hydrogen-bond acceptors (Lipinski definition) is 5. The number of nitrogens with one attached hydrogen (secondary N) is 1. The van der Waals surface area contributed by atoms with E-state index in [2.05, 4.69) is 15.3 Å². The van der Waals surface area contributed by atoms with Gasteiger partial charge in [0, 0.05) is 0 Å². The molecule has 0 aliphatic rings. The van der Waals surface area contributed by atoms with Crippen LogP contribution in [0.15, 0.2) is 23.4 Å². The van der Waals surface area contributed by atoms with E-state index in [0.29, 0.717) is 27.2 Å². The van der Waals surface area contributed by atoms with Crippen molar-refractivity contribution in [2.75, 3.05) is 11.6 Å². The van der Waals surface area contributed by atoms with Crippen LogP contribution in [0.25, 0.3) is 0 Å². The zero-order valence-electron chi connectivity index (χ0n) is 10.2. The summed E-state index contributed by atoms with van der Waals surface area (Å²) in [6, 6.07) is 5.07. The first-order chi connectivity index (χ1) is 9.56. The van der Waals surface area contributed by atoms with E-state index in [1.54, 1.807) is 24.5 Å². The molecule has 0 atom stereocenters. The third kappa shape index (κ3) is 3.17. The van der Waals surface area contributed by atoms with Crippen LogP contribution in [0.1, 0.15) is 10.4 Å². The highest BCUT2D eigenvalue weighted by molar-refractivity contribution is 7.98. The van der Waals surface area contributed by atoms with Gasteiger partial charge in [0.2, 0.25) is 0 Å². The molecule has 0 fully saturated rings. The average Bonchev–Trinajstić information content (AvgIpc) is 2.42. The summed E-state index contributed by atoms with van der Waals surface area (Å²) < 4.78 is 0. The number of carbonyl (C=O) groups is 1. The standard InChI is InChI=1S/C12H8Cl3N3OS/c1-20-12-17-10(15)6(5-19)11(18-12)16-9-7(13)3-2-4-8(9)14/h2-5H,1H3,(H,16,17,18). The van der Waals surface area contributed by atoms with E-state index in [9.17, 15) is 4.79 Å². The van der Waals surface area contributed by atoms with Crippen LogP contribution in [-0.2, 0) is 0 Å². The summed E-state index contributed by atoms with van der Waals surface area (Å²) in [5.74, 6) is 0.263. The monoisotopic (exact) mass is 347 g/mol. The molecule has 2 rings (SSSR count). The van der Waals surface area contributed by atoms with Crippen molar-refractivity contribution < 1.29 is 4.79 Å². The Morgan fingerprint density at radius 2 is 1.85 bits per heavy atom. The fourth-order valence-corrected chi connectivity index (χ4v) is 2.57. The molecule has 1 aromatic carbocycles. The lowest BCUT2D eigenvalue weighted by molar-refractivity contribution is 0.112. The molecule has 0 spiro atoms. The van der Waals surface area contributed by atoms with Crippen molar-refractivity contribution in [2.45, 2.75) is 5.16 Å². The first-order valence-corrected chi connectivity index (χ1v) is 7.70. The van der Waals surface area contributed by atoms with E-state index >= 15 is 0 Å². The van der Waals surface area contributed by atoms with Crippen molar-refractivity contribution in [1.29, 1.82) is 0 Å². The molecule has 0 aliphatic heterocycles. The van der Waals surface area contributed by atoms with E-state index < -0.39 is 0 Å². The number of halogens is 3. The predicted molar refractivity (Wildman–Crippen MR) is 84.0 cm³/mol. The first kappa shape index (κ1) is 15.4. The molecule has 1 N–H and O–H groups in total. The van der Waals surface area contributed by atoms with E-state index in [0.717, 1.165) is 0 Å². The van der Waals surface area contributed by atoms with Gasteiger partial charge in [-0.3, -0.25) is 4.79 Å². The van der Waals surface area contributed by atoms with Gasteiger partial charge < -0.3 is 5.32 Å². The highest BCUT2D eigenvalue weighted by atomic mass is 35.5. The van der Waals surface area contributed by atoms with E-state index in [1.165, 1.54) is 11.8 Å². The molecule has 20 heavy (non-hydrogen) atoms. The number of hydrogen-bond donors (Lipinski definition) is 1. The van der Waals surface area contributed by atoms with Gasteiger partial charge in [-0.05, 0) is 18.4 Å². The van der Waals surface area contributed by atoms with Gasteiger partial charge in [0.1, 0.15) is 11.0 Å². The topological polar surface area (TPSA) is 54.9 Å². The quantitative estimate of drug-likeness (QED) is 0.375. The van der Waals surface area contributed by atoms with E-state index in [1.807, 2.05) is 0 Å². The smallest absolute Gasteiger partial charge is 0.190 e. The summed E-state index contributed by atoms with van der Waals surface area (Å²) in [6.45, 7) is 0. The number of benzene rings is 1. The van der Waals surface area contributed by atoms with Crippen LogP contribution in [0, 0.1) is 0 Å². The number of aldehydes is 1. The molecular formula is C12H8Cl3N3OS. The molecule has 0 unspecified atom stereocenters. The summed E-state index contributed by atoms with van der Waals surface area (Å²) in [5.41, 5.74) is 0.612. The average molecular weight is 349 g/mol. The first-order valence-electron chi connectivity index (χ1n) is 5.34. The Morgan fingerprint density at radius 1 is 1.20 bits per heavy atom. The van der Waals surface area contributed by atoms with Gasteiger partial charge in [0.05, 0.1) is 21.3 Å². The van der Waals surface area contributed by atoms with Crippen LogP contribution < -0.4 is 5.32 Å². The number of thioether (sulfide) groups is 1. The summed E-state index contributed by atoms with van der Waals surface area (Å²) in [4.78, 5) is 19.3. The molecule has 0 aliphatic carbocycles. The molecule has 104 valence electrons. The van der Waals surface area contributed by atoms with Crippen molar-refractivity contribution in [3.05, 3.63) is 39.0 Å². The largest absolute Gasteiger partial charge is 0.337 e. The Hall–Kier alpha value is -1.01. The van der Waals surface area contributed by atoms with Gasteiger partial charge in [-0.1, -0.05) is 52.6 Å². The van der Waals surface area contributed by atoms with Gasteiger partial charge >= 0.3 is 0 Å². The maximum Gasteiger partial charge on any atom is 0.190 e. The minimum absolute atomic E-state index is 0.0741. The van der Waals surface area contributed by atoms with Gasteiger partial charge in [0.25, 0.3) is 0 Å². The maximum absolute atomic E-state index is 11.1. The van der Waals surface area contributed by atoms with Crippen LogP contribution >= 0.6 is 46.6 Å². The Morgan fingerprint density at radius 3 is 2.40 bits per heavy atom. The lowest BCUT2D eigenvalue weighted by atomic mass is 10.3. The van der Waals surface area contributed by atoms with Gasteiger partial charge in [0.15, 0.2) is 11.4 Å². The highest BCUT2D eigenvalue weighted by Crippen LogP contribution is 2.34. The van der Waals surface area contributed by atoms with Crippen LogP contribution in [0.3, 0.4) is 0 Å². The number of aromatic nitrogens is 2. The summed E-state index contributed by atoms with van der Waals surface area (Å²) in [6.07, 6.45) is 2.39.